The zero-order chi connectivity index (χ0) is 26.2. The first-order valence-corrected chi connectivity index (χ1v) is 11.7. The van der Waals surface area contributed by atoms with Gasteiger partial charge in [0.05, 0.1) is 23.8 Å². The summed E-state index contributed by atoms with van der Waals surface area (Å²) in [6, 6.07) is 4.60. The molecule has 0 bridgehead atoms. The van der Waals surface area contributed by atoms with Crippen LogP contribution in [-0.4, -0.2) is 91.5 Å². The molecular formula is C25H35F3KN4O3. The average molecular weight is 536 g/mol. The van der Waals surface area contributed by atoms with Crippen molar-refractivity contribution in [2.24, 2.45) is 17.8 Å². The summed E-state index contributed by atoms with van der Waals surface area (Å²) in [5, 5.41) is 0. The van der Waals surface area contributed by atoms with Gasteiger partial charge in [-0.1, -0.05) is 20.8 Å². The maximum atomic E-state index is 13.4. The van der Waals surface area contributed by atoms with Crippen LogP contribution in [0.1, 0.15) is 69.1 Å². The van der Waals surface area contributed by atoms with Gasteiger partial charge in [0.25, 0.3) is 5.91 Å². The standard InChI is InChI=1S/C25H35F3N4O3.K/c1-23(2,3)20-13-21(32(31(20)6)14-17-8-7-11-34-17)30-22(33)18-12-16(25(26,27)28)9-10-19(18)35-15-24(4,5)29;/h9-10,12-13,17H,7-8,11,14-15,29H2,1-6H3;/t17-;/m1./s1. The number of nitrogens with two attached hydrogens (primary N) is 1. The largest absolute Gasteiger partial charge is 0.491 e. The molecule has 0 saturated carbocycles. The normalized spacial score (nSPS) is 17.3. The van der Waals surface area contributed by atoms with Gasteiger partial charge >= 0.3 is 6.18 Å². The van der Waals surface area contributed by atoms with Crippen LogP contribution in [0.3, 0.4) is 0 Å². The summed E-state index contributed by atoms with van der Waals surface area (Å²) in [6.07, 6.45) is -2.80. The number of hydrogen-bond acceptors (Lipinski definition) is 4. The summed E-state index contributed by atoms with van der Waals surface area (Å²) < 4.78 is 55.4. The van der Waals surface area contributed by atoms with E-state index < -0.39 is 23.2 Å². The molecule has 0 spiro atoms. The number of carbonyl (C=O) groups excluding carboxylic acids is 1. The number of benzene rings is 1. The van der Waals surface area contributed by atoms with Crippen molar-refractivity contribution in [1.29, 1.82) is 0 Å². The van der Waals surface area contributed by atoms with Crippen LogP contribution < -0.4 is 16.0 Å². The maximum Gasteiger partial charge on any atom is 0.416 e. The topological polar surface area (TPSA) is 83.8 Å². The molecule has 1 aromatic carbocycles. The van der Waals surface area contributed by atoms with Crippen LogP contribution in [0.2, 0.25) is 0 Å². The second-order valence-corrected chi connectivity index (χ2v) is 10.8. The van der Waals surface area contributed by atoms with Crippen molar-refractivity contribution >= 4 is 57.3 Å². The maximum absolute atomic E-state index is 13.4. The zero-order valence-electron chi connectivity index (χ0n) is 22.2. The van der Waals surface area contributed by atoms with Crippen LogP contribution in [-0.2, 0) is 29.9 Å². The molecule has 2 heterocycles. The van der Waals surface area contributed by atoms with Gasteiger partial charge in [0.1, 0.15) is 12.4 Å². The second-order valence-electron chi connectivity index (χ2n) is 10.8. The molecule has 7 nitrogen and oxygen atoms in total. The van der Waals surface area contributed by atoms with Crippen LogP contribution in [0, 0.1) is 0 Å². The third kappa shape index (κ3) is 8.02. The van der Waals surface area contributed by atoms with Gasteiger partial charge in [-0.15, -0.1) is 0 Å². The molecule has 3 rings (SSSR count). The van der Waals surface area contributed by atoms with E-state index in [9.17, 15) is 18.0 Å². The van der Waals surface area contributed by atoms with Crippen molar-refractivity contribution in [1.82, 2.24) is 9.36 Å². The Morgan fingerprint density at radius 3 is 2.39 bits per heavy atom. The number of rotatable bonds is 6. The Bertz CT molecular complexity index is 1140. The molecule has 1 amide bonds. The number of aromatic nitrogens is 2. The molecule has 11 heteroatoms. The minimum absolute atomic E-state index is 0. The smallest absolute Gasteiger partial charge is 0.416 e. The fraction of sp³-hybridized carbons (Fsp3) is 0.600. The Morgan fingerprint density at radius 2 is 1.86 bits per heavy atom. The van der Waals surface area contributed by atoms with Crippen LogP contribution >= 0.6 is 0 Å². The Labute approximate surface area is 252 Å². The van der Waals surface area contributed by atoms with Crippen molar-refractivity contribution in [3.63, 3.8) is 0 Å². The molecule has 1 aromatic heterocycles. The van der Waals surface area contributed by atoms with Crippen LogP contribution in [0.15, 0.2) is 29.3 Å². The fourth-order valence-corrected chi connectivity index (χ4v) is 3.99. The van der Waals surface area contributed by atoms with E-state index in [0.717, 1.165) is 36.7 Å². The first-order valence-electron chi connectivity index (χ1n) is 11.7. The number of alkyl halides is 3. The first-order chi connectivity index (χ1) is 16.1. The fourth-order valence-electron chi connectivity index (χ4n) is 3.99. The summed E-state index contributed by atoms with van der Waals surface area (Å²) in [6.45, 7) is 10.7. The van der Waals surface area contributed by atoms with Crippen LogP contribution in [0.4, 0.5) is 13.2 Å². The van der Waals surface area contributed by atoms with Gasteiger partial charge in [0, 0.05) is 87.8 Å². The van der Waals surface area contributed by atoms with Gasteiger partial charge < -0.3 is 15.2 Å². The molecule has 1 fully saturated rings. The van der Waals surface area contributed by atoms with Gasteiger partial charge in [0.2, 0.25) is 0 Å². The first kappa shape index (κ1) is 31.3. The van der Waals surface area contributed by atoms with Crippen LogP contribution in [0.5, 0.6) is 5.75 Å². The van der Waals surface area contributed by atoms with Crippen molar-refractivity contribution < 1.29 is 27.4 Å². The Morgan fingerprint density at radius 1 is 1.19 bits per heavy atom. The number of amides is 1. The van der Waals surface area contributed by atoms with Crippen LogP contribution in [0.25, 0.3) is 0 Å². The predicted molar refractivity (Wildman–Crippen MR) is 132 cm³/mol. The number of halogens is 3. The molecule has 2 aromatic rings. The van der Waals surface area contributed by atoms with Crippen molar-refractivity contribution in [3.8, 4) is 5.75 Å². The van der Waals surface area contributed by atoms with Crippen molar-refractivity contribution in [3.05, 3.63) is 46.6 Å². The molecule has 1 aliphatic rings. The summed E-state index contributed by atoms with van der Waals surface area (Å²) in [4.78, 5) is 17.6. The molecular weight excluding hydrogens is 500 g/mol. The monoisotopic (exact) mass is 535 g/mol. The van der Waals surface area contributed by atoms with E-state index in [0.29, 0.717) is 18.6 Å². The minimum atomic E-state index is -4.62. The molecule has 0 unspecified atom stereocenters. The van der Waals surface area contributed by atoms with Gasteiger partial charge in [-0.05, 0) is 44.9 Å². The summed E-state index contributed by atoms with van der Waals surface area (Å²) in [7, 11) is 1.88. The molecule has 1 aliphatic heterocycles. The van der Waals surface area contributed by atoms with E-state index >= 15 is 0 Å². The minimum Gasteiger partial charge on any atom is -0.491 e. The molecule has 36 heavy (non-hydrogen) atoms. The van der Waals surface area contributed by atoms with Gasteiger partial charge in [-0.3, -0.25) is 14.2 Å². The Balaban J connectivity index is 0.00000456. The summed E-state index contributed by atoms with van der Waals surface area (Å²) in [5.74, 6) is -0.823. The predicted octanol–water partition coefficient (Wildman–Crippen LogP) is 3.80. The van der Waals surface area contributed by atoms with Crippen molar-refractivity contribution in [2.75, 3.05) is 13.2 Å². The van der Waals surface area contributed by atoms with E-state index in [-0.39, 0.29) is 80.8 Å². The number of hydrogen-bond donors (Lipinski definition) is 1. The van der Waals surface area contributed by atoms with E-state index in [1.807, 2.05) is 37.2 Å². The van der Waals surface area contributed by atoms with Gasteiger partial charge in [-0.25, -0.2) is 0 Å². The Kier molecular flexibility index (Phi) is 10.3. The molecule has 1 atom stereocenters. The molecule has 1 radical (unpaired) electrons. The third-order valence-electron chi connectivity index (χ3n) is 5.76. The van der Waals surface area contributed by atoms with E-state index in [2.05, 4.69) is 4.99 Å². The molecule has 2 N–H and O–H groups in total. The second kappa shape index (κ2) is 11.8. The number of nitrogens with zero attached hydrogens (tertiary/aromatic N) is 3. The van der Waals surface area contributed by atoms with E-state index in [1.54, 1.807) is 19.9 Å². The van der Waals surface area contributed by atoms with Gasteiger partial charge in [-0.2, -0.15) is 18.2 Å². The summed E-state index contributed by atoms with van der Waals surface area (Å²) >= 11 is 0. The SMILES string of the molecule is Cn1c(C(C)(C)C)cc(=NC(=O)c2cc(C(F)(F)F)ccc2OCC(C)(C)N)n1C[C@H]1CCCO1.[K]. The van der Waals surface area contributed by atoms with E-state index in [4.69, 9.17) is 15.2 Å². The molecule has 0 aliphatic carbocycles. The molecule has 195 valence electrons. The van der Waals surface area contributed by atoms with E-state index in [1.165, 1.54) is 0 Å². The quantitative estimate of drug-likeness (QED) is 0.571. The average Bonchev–Trinajstić information content (AvgIpc) is 3.34. The summed E-state index contributed by atoms with van der Waals surface area (Å²) in [5.41, 5.74) is 5.01. The Hall–Kier alpha value is -0.954. The number of ether oxygens (including phenoxy) is 2. The zero-order valence-corrected chi connectivity index (χ0v) is 25.3. The molecule has 1 saturated heterocycles. The van der Waals surface area contributed by atoms with Crippen molar-refractivity contribution in [2.45, 2.75) is 77.2 Å². The number of carbonyl (C=O) groups is 1. The third-order valence-corrected chi connectivity index (χ3v) is 5.76. The van der Waals surface area contributed by atoms with Gasteiger partial charge in [0.15, 0.2) is 5.49 Å².